The maximum Gasteiger partial charge on any atom is 0.119 e. The fourth-order valence-corrected chi connectivity index (χ4v) is 5.46. The monoisotopic (exact) mass is 427 g/mol. The van der Waals surface area contributed by atoms with Crippen LogP contribution in [0.2, 0.25) is 0 Å². The number of nitrogens with zero attached hydrogens (tertiary/aromatic N) is 1. The predicted octanol–water partition coefficient (Wildman–Crippen LogP) is 5.97. The number of hydrogen-bond donors (Lipinski definition) is 1. The molecule has 5 rings (SSSR count). The lowest BCUT2D eigenvalue weighted by Gasteiger charge is -2.38. The Balaban J connectivity index is 1.33. The minimum absolute atomic E-state index is 0.280. The number of fused-ring (bicyclic) bond motifs is 1. The van der Waals surface area contributed by atoms with Crippen molar-refractivity contribution in [2.75, 3.05) is 26.2 Å². The van der Waals surface area contributed by atoms with E-state index in [4.69, 9.17) is 4.74 Å². The lowest BCUT2D eigenvalue weighted by atomic mass is 9.69. The molecule has 1 saturated heterocycles. The van der Waals surface area contributed by atoms with Gasteiger partial charge >= 0.3 is 0 Å². The molecule has 0 spiro atoms. The van der Waals surface area contributed by atoms with Crippen LogP contribution < -0.4 is 4.74 Å². The van der Waals surface area contributed by atoms with Crippen molar-refractivity contribution in [1.82, 2.24) is 4.90 Å². The molecule has 1 aliphatic heterocycles. The van der Waals surface area contributed by atoms with Gasteiger partial charge in [-0.15, -0.1) is 0 Å². The number of benzene rings is 3. The Kier molecular flexibility index (Phi) is 6.18. The van der Waals surface area contributed by atoms with Crippen LogP contribution in [-0.4, -0.2) is 36.2 Å². The van der Waals surface area contributed by atoms with Crippen LogP contribution in [0.5, 0.6) is 11.5 Å². The van der Waals surface area contributed by atoms with Crippen molar-refractivity contribution in [2.24, 2.45) is 5.92 Å². The summed E-state index contributed by atoms with van der Waals surface area (Å²) in [4.78, 5) is 2.47. The van der Waals surface area contributed by atoms with Gasteiger partial charge in [-0.05, 0) is 71.2 Å². The molecule has 0 radical (unpaired) electrons. The second-order valence-electron chi connectivity index (χ2n) is 9.37. The highest BCUT2D eigenvalue weighted by Gasteiger charge is 2.32. The molecule has 3 aromatic carbocycles. The van der Waals surface area contributed by atoms with E-state index in [0.29, 0.717) is 11.7 Å². The fourth-order valence-electron chi connectivity index (χ4n) is 5.46. The highest BCUT2D eigenvalue weighted by Crippen LogP contribution is 2.47. The van der Waals surface area contributed by atoms with E-state index in [2.05, 4.69) is 72.5 Å². The van der Waals surface area contributed by atoms with Gasteiger partial charge in [-0.3, -0.25) is 4.90 Å². The van der Waals surface area contributed by atoms with Crippen LogP contribution in [0.1, 0.15) is 53.9 Å². The van der Waals surface area contributed by atoms with Gasteiger partial charge in [-0.2, -0.15) is 0 Å². The number of phenolic OH excluding ortho intramolecular Hbond substituents is 1. The SMILES string of the molecule is CCC1CN(CCOc2ccc([C@@H]3c4ccc(O)cc4CC[C@@H]3c3ccccc3)cc2)C1. The molecular formula is C29H33NO2. The zero-order valence-corrected chi connectivity index (χ0v) is 18.9. The summed E-state index contributed by atoms with van der Waals surface area (Å²) in [6.45, 7) is 6.46. The summed E-state index contributed by atoms with van der Waals surface area (Å²) < 4.78 is 6.05. The van der Waals surface area contributed by atoms with E-state index in [0.717, 1.165) is 37.7 Å². The Morgan fingerprint density at radius 2 is 1.72 bits per heavy atom. The summed E-state index contributed by atoms with van der Waals surface area (Å²) in [7, 11) is 0. The number of rotatable bonds is 7. The zero-order chi connectivity index (χ0) is 21.9. The molecule has 2 atom stereocenters. The fraction of sp³-hybridized carbons (Fsp3) is 0.379. The third kappa shape index (κ3) is 4.40. The molecule has 0 aromatic heterocycles. The summed E-state index contributed by atoms with van der Waals surface area (Å²) in [6.07, 6.45) is 3.36. The minimum atomic E-state index is 0.280. The van der Waals surface area contributed by atoms with Gasteiger partial charge in [0.05, 0.1) is 0 Å². The summed E-state index contributed by atoms with van der Waals surface area (Å²) in [6, 6.07) is 25.5. The first-order valence-electron chi connectivity index (χ1n) is 12.0. The minimum Gasteiger partial charge on any atom is -0.508 e. The highest BCUT2D eigenvalue weighted by molar-refractivity contribution is 5.48. The van der Waals surface area contributed by atoms with Gasteiger partial charge in [0, 0.05) is 25.6 Å². The number of hydrogen-bond acceptors (Lipinski definition) is 3. The second kappa shape index (κ2) is 9.38. The molecule has 3 aromatic rings. The maximum absolute atomic E-state index is 10.0. The van der Waals surface area contributed by atoms with Crippen LogP contribution in [0.25, 0.3) is 0 Å². The van der Waals surface area contributed by atoms with E-state index in [1.807, 2.05) is 12.1 Å². The number of aromatic hydroxyl groups is 1. The normalized spacial score (nSPS) is 21.0. The first-order valence-corrected chi connectivity index (χ1v) is 12.0. The number of ether oxygens (including phenoxy) is 1. The maximum atomic E-state index is 10.0. The number of likely N-dealkylation sites (tertiary alicyclic amines) is 1. The predicted molar refractivity (Wildman–Crippen MR) is 130 cm³/mol. The quantitative estimate of drug-likeness (QED) is 0.504. The Morgan fingerprint density at radius 1 is 0.938 bits per heavy atom. The van der Waals surface area contributed by atoms with Gasteiger partial charge in [0.2, 0.25) is 0 Å². The molecule has 1 fully saturated rings. The van der Waals surface area contributed by atoms with E-state index >= 15 is 0 Å². The lowest BCUT2D eigenvalue weighted by molar-refractivity contribution is 0.0806. The Bertz CT molecular complexity index is 1020. The van der Waals surface area contributed by atoms with E-state index in [1.165, 1.54) is 41.8 Å². The molecule has 166 valence electrons. The summed E-state index contributed by atoms with van der Waals surface area (Å²) >= 11 is 0. The first kappa shape index (κ1) is 21.1. The van der Waals surface area contributed by atoms with Gasteiger partial charge in [-0.1, -0.05) is 61.9 Å². The lowest BCUT2D eigenvalue weighted by Crippen LogP contribution is -2.47. The second-order valence-corrected chi connectivity index (χ2v) is 9.37. The van der Waals surface area contributed by atoms with Crippen molar-refractivity contribution in [2.45, 2.75) is 38.0 Å². The molecule has 0 bridgehead atoms. The molecule has 2 aliphatic rings. The molecule has 0 saturated carbocycles. The van der Waals surface area contributed by atoms with E-state index in [-0.39, 0.29) is 5.92 Å². The van der Waals surface area contributed by atoms with E-state index in [1.54, 1.807) is 0 Å². The molecular weight excluding hydrogens is 394 g/mol. The Labute approximate surface area is 191 Å². The molecule has 3 heteroatoms. The average Bonchev–Trinajstić information content (AvgIpc) is 2.80. The van der Waals surface area contributed by atoms with Gasteiger partial charge in [0.15, 0.2) is 0 Å². The van der Waals surface area contributed by atoms with Crippen LogP contribution in [0.15, 0.2) is 72.8 Å². The molecule has 1 aliphatic carbocycles. The van der Waals surface area contributed by atoms with Crippen LogP contribution in [-0.2, 0) is 6.42 Å². The first-order chi connectivity index (χ1) is 15.7. The van der Waals surface area contributed by atoms with Crippen molar-refractivity contribution >= 4 is 0 Å². The Hall–Kier alpha value is -2.78. The van der Waals surface area contributed by atoms with E-state index in [9.17, 15) is 5.11 Å². The highest BCUT2D eigenvalue weighted by atomic mass is 16.5. The van der Waals surface area contributed by atoms with Crippen molar-refractivity contribution < 1.29 is 9.84 Å². The third-order valence-corrected chi connectivity index (χ3v) is 7.34. The van der Waals surface area contributed by atoms with Crippen LogP contribution in [0.4, 0.5) is 0 Å². The van der Waals surface area contributed by atoms with Gasteiger partial charge < -0.3 is 9.84 Å². The molecule has 1 heterocycles. The van der Waals surface area contributed by atoms with Crippen LogP contribution in [0, 0.1) is 5.92 Å². The molecule has 0 amide bonds. The zero-order valence-electron chi connectivity index (χ0n) is 18.9. The topological polar surface area (TPSA) is 32.7 Å². The Morgan fingerprint density at radius 3 is 2.47 bits per heavy atom. The smallest absolute Gasteiger partial charge is 0.119 e. The summed E-state index contributed by atoms with van der Waals surface area (Å²) in [5.41, 5.74) is 5.30. The van der Waals surface area contributed by atoms with Gasteiger partial charge in [-0.25, -0.2) is 0 Å². The van der Waals surface area contributed by atoms with Crippen LogP contribution in [0.3, 0.4) is 0 Å². The third-order valence-electron chi connectivity index (χ3n) is 7.34. The summed E-state index contributed by atoms with van der Waals surface area (Å²) in [5.74, 6) is 2.89. The van der Waals surface area contributed by atoms with E-state index < -0.39 is 0 Å². The molecule has 3 nitrogen and oxygen atoms in total. The average molecular weight is 428 g/mol. The van der Waals surface area contributed by atoms with Crippen LogP contribution >= 0.6 is 0 Å². The van der Waals surface area contributed by atoms with Crippen molar-refractivity contribution in [3.63, 3.8) is 0 Å². The standard InChI is InChI=1S/C29H33NO2/c1-2-21-19-30(20-21)16-17-32-26-12-8-23(9-13-26)29-27(22-6-4-3-5-7-22)14-10-24-18-25(31)11-15-28(24)29/h3-9,11-13,15,18,21,27,29,31H,2,10,14,16-17,19-20H2,1H3/t27-,29+/m1/s1. The molecule has 32 heavy (non-hydrogen) atoms. The molecule has 1 N–H and O–H groups in total. The number of phenols is 1. The number of aryl methyl sites for hydroxylation is 1. The van der Waals surface area contributed by atoms with Gasteiger partial charge in [0.1, 0.15) is 18.1 Å². The van der Waals surface area contributed by atoms with Gasteiger partial charge in [0.25, 0.3) is 0 Å². The largest absolute Gasteiger partial charge is 0.508 e. The van der Waals surface area contributed by atoms with Crippen molar-refractivity contribution in [1.29, 1.82) is 0 Å². The summed E-state index contributed by atoms with van der Waals surface area (Å²) in [5, 5.41) is 10.0. The van der Waals surface area contributed by atoms with Crippen molar-refractivity contribution in [3.05, 3.63) is 95.1 Å². The van der Waals surface area contributed by atoms with Crippen molar-refractivity contribution in [3.8, 4) is 11.5 Å². The molecule has 0 unspecified atom stereocenters.